The summed E-state index contributed by atoms with van der Waals surface area (Å²) in [5, 5.41) is 8.62. The van der Waals surface area contributed by atoms with Gasteiger partial charge in [0.1, 0.15) is 0 Å². The molecule has 1 aliphatic rings. The summed E-state index contributed by atoms with van der Waals surface area (Å²) in [6.07, 6.45) is -0.106. The van der Waals surface area contributed by atoms with Crippen LogP contribution in [0.25, 0.3) is 0 Å². The van der Waals surface area contributed by atoms with Gasteiger partial charge in [-0.15, -0.1) is 10.8 Å². The van der Waals surface area contributed by atoms with Crippen molar-refractivity contribution in [3.8, 4) is 0 Å². The summed E-state index contributed by atoms with van der Waals surface area (Å²) in [5.74, 6) is -0.947. The molecule has 0 bridgehead atoms. The van der Waals surface area contributed by atoms with E-state index >= 15 is 0 Å². The van der Waals surface area contributed by atoms with Gasteiger partial charge in [-0.1, -0.05) is 15.9 Å². The van der Waals surface area contributed by atoms with Crippen LogP contribution in [-0.2, 0) is 11.3 Å². The van der Waals surface area contributed by atoms with E-state index in [-0.39, 0.29) is 13.0 Å². The maximum absolute atomic E-state index is 10.5. The van der Waals surface area contributed by atoms with E-state index in [4.69, 9.17) is 5.11 Å². The predicted octanol–water partition coefficient (Wildman–Crippen LogP) is 2.76. The van der Waals surface area contributed by atoms with Crippen molar-refractivity contribution in [2.24, 2.45) is 0 Å². The number of benzene rings is 1. The summed E-state index contributed by atoms with van der Waals surface area (Å²) in [6.45, 7) is 0.494. The number of halogens is 1. The number of carbonyl (C=O) groups is 1. The van der Waals surface area contributed by atoms with Crippen LogP contribution in [0.2, 0.25) is 0 Å². The van der Waals surface area contributed by atoms with Gasteiger partial charge in [0, 0.05) is 17.6 Å². The Morgan fingerprint density at radius 3 is 2.82 bits per heavy atom. The first kappa shape index (κ1) is 12.8. The number of rotatable bonds is 3. The molecule has 1 heterocycles. The van der Waals surface area contributed by atoms with E-state index in [0.29, 0.717) is 11.4 Å². The molecule has 0 unspecified atom stereocenters. The summed E-state index contributed by atoms with van der Waals surface area (Å²) in [6, 6.07) is 5.23. The molecule has 0 spiro atoms. The Kier molecular flexibility index (Phi) is 3.46. The standard InChI is InChI=1S/C10H12BrNO4S/c11-8-1-2-9-7(5-8)6-12(17(9,15)16)4-3-10(13)14/h1-2,5,15-16H,3-4,6H2,(H,13,14). The first-order valence-electron chi connectivity index (χ1n) is 4.95. The molecule has 0 fully saturated rings. The van der Waals surface area contributed by atoms with Crippen LogP contribution in [0.15, 0.2) is 27.6 Å². The second kappa shape index (κ2) is 4.58. The van der Waals surface area contributed by atoms with Crippen molar-refractivity contribution in [1.82, 2.24) is 4.31 Å². The Hall–Kier alpha value is -0.600. The number of fused-ring (bicyclic) bond motifs is 1. The highest BCUT2D eigenvalue weighted by Crippen LogP contribution is 2.58. The topological polar surface area (TPSA) is 81.0 Å². The van der Waals surface area contributed by atoms with Crippen LogP contribution in [0.5, 0.6) is 0 Å². The smallest absolute Gasteiger partial charge is 0.304 e. The lowest BCUT2D eigenvalue weighted by atomic mass is 10.2. The summed E-state index contributed by atoms with van der Waals surface area (Å²) >= 11 is 3.32. The molecule has 0 amide bonds. The predicted molar refractivity (Wildman–Crippen MR) is 67.9 cm³/mol. The number of hydrogen-bond acceptors (Lipinski definition) is 4. The van der Waals surface area contributed by atoms with Crippen LogP contribution in [0.1, 0.15) is 12.0 Å². The molecule has 5 nitrogen and oxygen atoms in total. The molecule has 1 aliphatic heterocycles. The average molecular weight is 322 g/mol. The number of carboxylic acids is 1. The van der Waals surface area contributed by atoms with Gasteiger partial charge < -0.3 is 5.11 Å². The van der Waals surface area contributed by atoms with E-state index in [0.717, 1.165) is 10.0 Å². The summed E-state index contributed by atoms with van der Waals surface area (Å²) in [5.41, 5.74) is 0.824. The Morgan fingerprint density at radius 1 is 1.47 bits per heavy atom. The second-order valence-corrected chi connectivity index (χ2v) is 6.69. The van der Waals surface area contributed by atoms with Crippen LogP contribution >= 0.6 is 26.7 Å². The summed E-state index contributed by atoms with van der Waals surface area (Å²) in [7, 11) is -3.01. The van der Waals surface area contributed by atoms with E-state index in [1.165, 1.54) is 4.31 Å². The van der Waals surface area contributed by atoms with E-state index in [1.807, 2.05) is 6.07 Å². The fraction of sp³-hybridized carbons (Fsp3) is 0.300. The van der Waals surface area contributed by atoms with Gasteiger partial charge in [0.2, 0.25) is 0 Å². The zero-order chi connectivity index (χ0) is 12.6. The van der Waals surface area contributed by atoms with Gasteiger partial charge in [0.15, 0.2) is 0 Å². The third kappa shape index (κ3) is 2.48. The molecular weight excluding hydrogens is 310 g/mol. The lowest BCUT2D eigenvalue weighted by molar-refractivity contribution is -0.137. The van der Waals surface area contributed by atoms with Gasteiger partial charge in [-0.3, -0.25) is 13.9 Å². The molecule has 7 heteroatoms. The minimum Gasteiger partial charge on any atom is -0.481 e. The van der Waals surface area contributed by atoms with Crippen molar-refractivity contribution in [2.45, 2.75) is 17.9 Å². The maximum Gasteiger partial charge on any atom is 0.304 e. The molecule has 0 aliphatic carbocycles. The van der Waals surface area contributed by atoms with E-state index in [2.05, 4.69) is 15.9 Å². The fourth-order valence-corrected chi connectivity index (χ4v) is 3.86. The third-order valence-corrected chi connectivity index (χ3v) is 5.11. The van der Waals surface area contributed by atoms with E-state index < -0.39 is 16.7 Å². The summed E-state index contributed by atoms with van der Waals surface area (Å²) in [4.78, 5) is 11.0. The molecule has 0 radical (unpaired) electrons. The highest BCUT2D eigenvalue weighted by atomic mass is 79.9. The quantitative estimate of drug-likeness (QED) is 0.797. The van der Waals surface area contributed by atoms with Crippen molar-refractivity contribution in [2.75, 3.05) is 6.54 Å². The second-order valence-electron chi connectivity index (χ2n) is 3.78. The van der Waals surface area contributed by atoms with Crippen LogP contribution in [0.4, 0.5) is 0 Å². The number of nitrogens with zero attached hydrogens (tertiary/aromatic N) is 1. The lowest BCUT2D eigenvalue weighted by Gasteiger charge is -2.36. The van der Waals surface area contributed by atoms with Crippen molar-refractivity contribution >= 4 is 32.7 Å². The maximum atomic E-state index is 10.5. The zero-order valence-corrected chi connectivity index (χ0v) is 11.2. The molecule has 0 saturated carbocycles. The van der Waals surface area contributed by atoms with Gasteiger partial charge in [-0.25, -0.2) is 0 Å². The molecule has 94 valence electrons. The molecule has 1 aromatic rings. The Bertz CT molecular complexity index is 466. The van der Waals surface area contributed by atoms with Crippen molar-refractivity contribution in [1.29, 1.82) is 0 Å². The van der Waals surface area contributed by atoms with Gasteiger partial charge in [-0.2, -0.15) is 4.31 Å². The highest BCUT2D eigenvalue weighted by molar-refractivity contribution is 9.10. The summed E-state index contributed by atoms with van der Waals surface area (Å²) < 4.78 is 22.4. The third-order valence-electron chi connectivity index (χ3n) is 2.60. The highest BCUT2D eigenvalue weighted by Gasteiger charge is 2.34. The van der Waals surface area contributed by atoms with Gasteiger partial charge in [-0.05, 0) is 23.8 Å². The Labute approximate surface area is 109 Å². The first-order chi connectivity index (χ1) is 7.91. The van der Waals surface area contributed by atoms with Crippen molar-refractivity contribution in [3.63, 3.8) is 0 Å². The molecule has 17 heavy (non-hydrogen) atoms. The lowest BCUT2D eigenvalue weighted by Crippen LogP contribution is -2.24. The number of hydrogen-bond donors (Lipinski definition) is 3. The molecule has 3 N–H and O–H groups in total. The molecule has 2 rings (SSSR count). The zero-order valence-electron chi connectivity index (χ0n) is 8.84. The SMILES string of the molecule is O=C(O)CCN1Cc2cc(Br)ccc2S1(O)O. The van der Waals surface area contributed by atoms with Gasteiger partial charge in [0.25, 0.3) is 0 Å². The van der Waals surface area contributed by atoms with E-state index in [1.54, 1.807) is 12.1 Å². The molecule has 0 aromatic heterocycles. The largest absolute Gasteiger partial charge is 0.481 e. The average Bonchev–Trinajstić information content (AvgIpc) is 2.46. The first-order valence-corrected chi connectivity index (χ1v) is 7.24. The fourth-order valence-electron chi connectivity index (χ4n) is 1.78. The molecular formula is C10H12BrNO4S. The van der Waals surface area contributed by atoms with Crippen molar-refractivity contribution in [3.05, 3.63) is 28.2 Å². The normalized spacial score (nSPS) is 19.9. The Morgan fingerprint density at radius 2 is 2.18 bits per heavy atom. The van der Waals surface area contributed by atoms with Crippen LogP contribution in [0, 0.1) is 0 Å². The minimum absolute atomic E-state index is 0.106. The van der Waals surface area contributed by atoms with Crippen LogP contribution in [0.3, 0.4) is 0 Å². The van der Waals surface area contributed by atoms with Gasteiger partial charge >= 0.3 is 5.97 Å². The van der Waals surface area contributed by atoms with Crippen LogP contribution < -0.4 is 0 Å². The Balaban J connectivity index is 2.23. The van der Waals surface area contributed by atoms with Crippen LogP contribution in [-0.4, -0.2) is 31.0 Å². The van der Waals surface area contributed by atoms with Gasteiger partial charge in [0.05, 0.1) is 11.3 Å². The number of carboxylic acid groups (broad SMARTS) is 1. The molecule has 0 saturated heterocycles. The van der Waals surface area contributed by atoms with Crippen molar-refractivity contribution < 1.29 is 19.0 Å². The molecule has 0 atom stereocenters. The molecule has 1 aromatic carbocycles. The monoisotopic (exact) mass is 321 g/mol. The number of aliphatic carboxylic acids is 1. The minimum atomic E-state index is -3.01. The van der Waals surface area contributed by atoms with E-state index in [9.17, 15) is 13.9 Å².